The number of rotatable bonds is 8. The maximum absolute atomic E-state index is 9.54. The molecule has 2 bridgehead atoms. The topological polar surface area (TPSA) is 62.5 Å². The van der Waals surface area contributed by atoms with Gasteiger partial charge in [-0.05, 0) is 166 Å². The first-order valence-corrected chi connectivity index (χ1v) is 21.7. The maximum Gasteiger partial charge on any atom is 0.164 e. The number of benzene rings is 7. The molecule has 0 aliphatic heterocycles. The summed E-state index contributed by atoms with van der Waals surface area (Å²) in [5, 5.41) is 9.54. The molecule has 2 aliphatic carbocycles. The van der Waals surface area contributed by atoms with E-state index in [4.69, 9.17) is 15.0 Å². The largest absolute Gasteiger partial charge is 0.208 e. The molecule has 4 heteroatoms. The van der Waals surface area contributed by atoms with Gasteiger partial charge < -0.3 is 0 Å². The minimum absolute atomic E-state index is 0.262. The molecule has 2 unspecified atom stereocenters. The Labute approximate surface area is 359 Å². The van der Waals surface area contributed by atoms with Gasteiger partial charge in [0.15, 0.2) is 17.5 Å². The Bertz CT molecular complexity index is 2780. The molecule has 8 aromatic rings. The van der Waals surface area contributed by atoms with Gasteiger partial charge in [-0.25, -0.2) is 15.0 Å². The lowest BCUT2D eigenvalue weighted by molar-refractivity contribution is 0.0780. The van der Waals surface area contributed by atoms with Crippen LogP contribution in [-0.4, -0.2) is 15.0 Å². The van der Waals surface area contributed by atoms with Crippen LogP contribution >= 0.6 is 0 Å². The van der Waals surface area contributed by atoms with E-state index in [1.165, 1.54) is 54.4 Å². The Morgan fingerprint density at radius 3 is 1.23 bits per heavy atom. The summed E-state index contributed by atoms with van der Waals surface area (Å²) in [6, 6.07) is 64.3. The lowest BCUT2D eigenvalue weighted by Gasteiger charge is -2.50. The van der Waals surface area contributed by atoms with Gasteiger partial charge in [-0.2, -0.15) is 5.26 Å². The highest BCUT2D eigenvalue weighted by atomic mass is 15.0. The van der Waals surface area contributed by atoms with Crippen LogP contribution in [0.2, 0.25) is 0 Å². The molecule has 2 saturated carbocycles. The molecule has 2 fully saturated rings. The smallest absolute Gasteiger partial charge is 0.164 e. The van der Waals surface area contributed by atoms with E-state index >= 15 is 0 Å². The van der Waals surface area contributed by atoms with E-state index in [-0.39, 0.29) is 5.41 Å². The van der Waals surface area contributed by atoms with Crippen molar-refractivity contribution in [2.24, 2.45) is 17.8 Å². The SMILES string of the molecule is C[C@@H]1CC2C[C@H](C)CC(c3ccc(-c4cc(-c5cc(-c6ccccc6)cc(-c6ccccc6)c5)cc(-c5nc(-c6ccccc6)nc(-c6ccc(C#N)cc6)n5)c4)cc3)(C2)C1. The van der Waals surface area contributed by atoms with E-state index in [0.717, 1.165) is 62.3 Å². The lowest BCUT2D eigenvalue weighted by atomic mass is 9.54. The minimum Gasteiger partial charge on any atom is -0.208 e. The van der Waals surface area contributed by atoms with Crippen molar-refractivity contribution in [1.82, 2.24) is 15.0 Å². The zero-order valence-electron chi connectivity index (χ0n) is 34.8. The maximum atomic E-state index is 9.54. The zero-order chi connectivity index (χ0) is 41.3. The van der Waals surface area contributed by atoms with Crippen LogP contribution in [0.4, 0.5) is 0 Å². The molecule has 0 saturated heterocycles. The van der Waals surface area contributed by atoms with Crippen molar-refractivity contribution in [2.45, 2.75) is 51.4 Å². The molecule has 4 nitrogen and oxygen atoms in total. The molecule has 7 aromatic carbocycles. The molecule has 1 heterocycles. The fraction of sp³-hybridized carbons (Fsp3) is 0.193. The lowest BCUT2D eigenvalue weighted by Crippen LogP contribution is -2.42. The summed E-state index contributed by atoms with van der Waals surface area (Å²) in [5.41, 5.74) is 14.1. The quantitative estimate of drug-likeness (QED) is 0.154. The second kappa shape index (κ2) is 16.2. The van der Waals surface area contributed by atoms with Crippen molar-refractivity contribution in [2.75, 3.05) is 0 Å². The average Bonchev–Trinajstić information content (AvgIpc) is 3.31. The Hall–Kier alpha value is -6.96. The number of aromatic nitrogens is 3. The molecule has 4 atom stereocenters. The number of hydrogen-bond donors (Lipinski definition) is 0. The molecule has 2 aliphatic rings. The Morgan fingerprint density at radius 2 is 0.770 bits per heavy atom. The van der Waals surface area contributed by atoms with E-state index in [2.05, 4.69) is 141 Å². The molecular formula is C57H48N4. The average molecular weight is 789 g/mol. The van der Waals surface area contributed by atoms with Gasteiger partial charge in [0, 0.05) is 16.7 Å². The number of hydrogen-bond acceptors (Lipinski definition) is 4. The molecule has 296 valence electrons. The number of fused-ring (bicyclic) bond motifs is 2. The fourth-order valence-electron chi connectivity index (χ4n) is 10.6. The van der Waals surface area contributed by atoms with Crippen LogP contribution in [0.25, 0.3) is 78.7 Å². The predicted molar refractivity (Wildman–Crippen MR) is 249 cm³/mol. The zero-order valence-corrected chi connectivity index (χ0v) is 34.8. The van der Waals surface area contributed by atoms with Gasteiger partial charge in [-0.3, -0.25) is 0 Å². The molecule has 0 spiro atoms. The Kier molecular flexibility index (Phi) is 10.2. The van der Waals surface area contributed by atoms with Gasteiger partial charge in [-0.15, -0.1) is 0 Å². The third kappa shape index (κ3) is 7.93. The van der Waals surface area contributed by atoms with E-state index in [9.17, 15) is 5.26 Å². The molecule has 0 amide bonds. The predicted octanol–water partition coefficient (Wildman–Crippen LogP) is 14.5. The van der Waals surface area contributed by atoms with Gasteiger partial charge in [0.05, 0.1) is 11.6 Å². The van der Waals surface area contributed by atoms with Gasteiger partial charge >= 0.3 is 0 Å². The van der Waals surface area contributed by atoms with E-state index in [1.54, 1.807) is 0 Å². The molecule has 0 N–H and O–H groups in total. The van der Waals surface area contributed by atoms with Crippen molar-refractivity contribution in [3.8, 4) is 84.7 Å². The van der Waals surface area contributed by atoms with Crippen LogP contribution in [0.15, 0.2) is 176 Å². The number of nitriles is 1. The molecular weight excluding hydrogens is 741 g/mol. The van der Waals surface area contributed by atoms with Crippen LogP contribution in [0.1, 0.15) is 57.1 Å². The third-order valence-electron chi connectivity index (χ3n) is 13.1. The van der Waals surface area contributed by atoms with Gasteiger partial charge in [0.2, 0.25) is 0 Å². The fourth-order valence-corrected chi connectivity index (χ4v) is 10.6. The van der Waals surface area contributed by atoms with Crippen molar-refractivity contribution >= 4 is 0 Å². The van der Waals surface area contributed by atoms with Crippen molar-refractivity contribution in [1.29, 1.82) is 5.26 Å². The summed E-state index contributed by atoms with van der Waals surface area (Å²) in [4.78, 5) is 15.3. The summed E-state index contributed by atoms with van der Waals surface area (Å²) >= 11 is 0. The van der Waals surface area contributed by atoms with Crippen LogP contribution in [0.5, 0.6) is 0 Å². The highest BCUT2D eigenvalue weighted by Gasteiger charge is 2.45. The second-order valence-corrected chi connectivity index (χ2v) is 17.7. The summed E-state index contributed by atoms with van der Waals surface area (Å²) in [6.45, 7) is 4.93. The molecule has 10 rings (SSSR count). The van der Waals surface area contributed by atoms with Crippen LogP contribution in [0.3, 0.4) is 0 Å². The monoisotopic (exact) mass is 788 g/mol. The summed E-state index contributed by atoms with van der Waals surface area (Å²) in [7, 11) is 0. The third-order valence-corrected chi connectivity index (χ3v) is 13.1. The summed E-state index contributed by atoms with van der Waals surface area (Å²) in [6.07, 6.45) is 6.60. The standard InChI is InChI=1S/C57H48N4/c1-38-26-41-27-39(2)35-57(34-38,36-41)53-24-22-44(23-25-53)49-31-51(50-29-47(42-12-6-3-7-13-42)28-48(30-50)43-14-8-4-9-15-43)33-52(32-49)56-60-54(45-16-10-5-11-17-45)59-55(61-56)46-20-18-40(37-58)19-21-46/h3-25,28-33,38-39,41H,26-27,34-36H2,1-2H3/t38-,39+,41?,57?. The highest BCUT2D eigenvalue weighted by Crippen LogP contribution is 2.54. The van der Waals surface area contributed by atoms with Crippen LogP contribution < -0.4 is 0 Å². The van der Waals surface area contributed by atoms with E-state index < -0.39 is 0 Å². The van der Waals surface area contributed by atoms with E-state index in [1.807, 2.05) is 54.6 Å². The molecule has 0 radical (unpaired) electrons. The summed E-state index contributed by atoms with van der Waals surface area (Å²) < 4.78 is 0. The summed E-state index contributed by atoms with van der Waals surface area (Å²) in [5.74, 6) is 4.09. The van der Waals surface area contributed by atoms with Crippen molar-refractivity contribution in [3.63, 3.8) is 0 Å². The van der Waals surface area contributed by atoms with Crippen molar-refractivity contribution < 1.29 is 0 Å². The van der Waals surface area contributed by atoms with Gasteiger partial charge in [0.1, 0.15) is 0 Å². The minimum atomic E-state index is 0.262. The Balaban J connectivity index is 1.16. The first kappa shape index (κ1) is 38.3. The van der Waals surface area contributed by atoms with Gasteiger partial charge in [0.25, 0.3) is 0 Å². The first-order valence-electron chi connectivity index (χ1n) is 21.7. The van der Waals surface area contributed by atoms with Crippen LogP contribution in [-0.2, 0) is 5.41 Å². The molecule has 61 heavy (non-hydrogen) atoms. The Morgan fingerprint density at radius 1 is 0.410 bits per heavy atom. The van der Waals surface area contributed by atoms with Gasteiger partial charge in [-0.1, -0.05) is 129 Å². The van der Waals surface area contributed by atoms with Crippen LogP contribution in [0, 0.1) is 29.1 Å². The molecule has 1 aromatic heterocycles. The normalized spacial score (nSPS) is 19.5. The highest BCUT2D eigenvalue weighted by molar-refractivity contribution is 5.85. The number of nitrogens with zero attached hydrogens (tertiary/aromatic N) is 4. The first-order chi connectivity index (χ1) is 29.9. The van der Waals surface area contributed by atoms with Crippen molar-refractivity contribution in [3.05, 3.63) is 187 Å². The second-order valence-electron chi connectivity index (χ2n) is 17.7. The van der Waals surface area contributed by atoms with E-state index in [0.29, 0.717) is 23.0 Å².